The number of rotatable bonds is 2. The van der Waals surface area contributed by atoms with Gasteiger partial charge in [0.1, 0.15) is 11.6 Å². The summed E-state index contributed by atoms with van der Waals surface area (Å²) in [5.74, 6) is -2.32. The molecular formula is C22H18F5N3O2. The van der Waals surface area contributed by atoms with Crippen LogP contribution < -0.4 is 5.32 Å². The van der Waals surface area contributed by atoms with Crippen molar-refractivity contribution < 1.29 is 32.2 Å². The molecule has 0 aliphatic heterocycles. The fraction of sp³-hybridized carbons (Fsp3) is 0.273. The summed E-state index contributed by atoms with van der Waals surface area (Å²) in [4.78, 5) is 8.10. The number of phenolic OH excluding ortho intramolecular Hbond substituents is 1. The molecule has 1 aromatic heterocycles. The van der Waals surface area contributed by atoms with Crippen LogP contribution in [0.15, 0.2) is 36.5 Å². The number of hydrogen-bond donors (Lipinski definition) is 3. The van der Waals surface area contributed by atoms with Crippen LogP contribution >= 0.6 is 0 Å². The number of nitrogens with zero attached hydrogens (tertiary/aromatic N) is 2. The largest absolute Gasteiger partial charge is 0.505 e. The number of aliphatic hydroxyl groups is 1. The van der Waals surface area contributed by atoms with Crippen molar-refractivity contribution in [3.05, 3.63) is 65.1 Å². The zero-order valence-electron chi connectivity index (χ0n) is 16.9. The summed E-state index contributed by atoms with van der Waals surface area (Å²) in [7, 11) is 0. The first kappa shape index (κ1) is 21.9. The van der Waals surface area contributed by atoms with Crippen molar-refractivity contribution in [2.75, 3.05) is 5.32 Å². The lowest BCUT2D eigenvalue weighted by molar-refractivity contribution is -0.265. The Bertz CT molecular complexity index is 1250. The molecule has 0 fully saturated rings. The molecule has 1 aliphatic rings. The van der Waals surface area contributed by atoms with Crippen molar-refractivity contribution in [2.24, 2.45) is 0 Å². The van der Waals surface area contributed by atoms with E-state index in [0.717, 1.165) is 24.3 Å². The van der Waals surface area contributed by atoms with E-state index >= 15 is 0 Å². The van der Waals surface area contributed by atoms with Gasteiger partial charge >= 0.3 is 6.18 Å². The quantitative estimate of drug-likeness (QED) is 0.469. The summed E-state index contributed by atoms with van der Waals surface area (Å²) in [6, 6.07) is 1.90. The van der Waals surface area contributed by atoms with Gasteiger partial charge in [-0.1, -0.05) is 6.08 Å². The number of aryl methyl sites for hydroxylation is 1. The van der Waals surface area contributed by atoms with Gasteiger partial charge in [-0.05, 0) is 48.7 Å². The Hall–Kier alpha value is -3.27. The predicted molar refractivity (Wildman–Crippen MR) is 108 cm³/mol. The molecule has 168 valence electrons. The molecule has 5 nitrogen and oxygen atoms in total. The summed E-state index contributed by atoms with van der Waals surface area (Å²) in [6.45, 7) is 3.05. The van der Waals surface area contributed by atoms with Gasteiger partial charge in [-0.2, -0.15) is 13.2 Å². The molecule has 10 heteroatoms. The van der Waals surface area contributed by atoms with Crippen LogP contribution in [0.1, 0.15) is 36.3 Å². The zero-order valence-corrected chi connectivity index (χ0v) is 16.9. The van der Waals surface area contributed by atoms with E-state index in [0.29, 0.717) is 5.82 Å². The first-order valence-corrected chi connectivity index (χ1v) is 9.61. The Labute approximate surface area is 179 Å². The Morgan fingerprint density at radius 1 is 1.19 bits per heavy atom. The number of allylic oxidation sites excluding steroid dienone is 1. The van der Waals surface area contributed by atoms with Gasteiger partial charge in [-0.25, -0.2) is 18.7 Å². The maximum atomic E-state index is 14.3. The fourth-order valence-corrected chi connectivity index (χ4v) is 4.03. The Morgan fingerprint density at radius 2 is 1.91 bits per heavy atom. The predicted octanol–water partition coefficient (Wildman–Crippen LogP) is 5.18. The maximum Gasteiger partial charge on any atom is 0.419 e. The van der Waals surface area contributed by atoms with Gasteiger partial charge < -0.3 is 15.5 Å². The van der Waals surface area contributed by atoms with Crippen LogP contribution in [0.4, 0.5) is 27.6 Å². The van der Waals surface area contributed by atoms with Gasteiger partial charge in [-0.15, -0.1) is 0 Å². The lowest BCUT2D eigenvalue weighted by Crippen LogP contribution is -2.54. The fourth-order valence-electron chi connectivity index (χ4n) is 4.03. The number of anilines is 1. The smallest absolute Gasteiger partial charge is 0.419 e. The molecule has 0 saturated carbocycles. The third-order valence-corrected chi connectivity index (χ3v) is 5.64. The average Bonchev–Trinajstić information content (AvgIpc) is 2.70. The lowest BCUT2D eigenvalue weighted by Gasteiger charge is -2.44. The minimum atomic E-state index is -5.12. The van der Waals surface area contributed by atoms with Gasteiger partial charge in [0.25, 0.3) is 0 Å². The van der Waals surface area contributed by atoms with E-state index in [1.807, 2.05) is 0 Å². The second-order valence-corrected chi connectivity index (χ2v) is 7.68. The molecule has 3 N–H and O–H groups in total. The number of benzene rings is 2. The molecule has 1 aliphatic carbocycles. The Kier molecular flexibility index (Phi) is 5.08. The third-order valence-electron chi connectivity index (χ3n) is 5.64. The monoisotopic (exact) mass is 451 g/mol. The summed E-state index contributed by atoms with van der Waals surface area (Å²) >= 11 is 0. The average molecular weight is 451 g/mol. The molecule has 0 unspecified atom stereocenters. The number of phenols is 1. The molecule has 1 heterocycles. The first-order chi connectivity index (χ1) is 14.9. The summed E-state index contributed by atoms with van der Waals surface area (Å²) in [5.41, 5.74) is -3.31. The molecule has 2 atom stereocenters. The van der Waals surface area contributed by atoms with Crippen LogP contribution in [0.3, 0.4) is 0 Å². The van der Waals surface area contributed by atoms with Crippen LogP contribution in [0, 0.1) is 18.6 Å². The molecule has 32 heavy (non-hydrogen) atoms. The molecule has 0 saturated heterocycles. The molecule has 0 radical (unpaired) electrons. The number of fused-ring (bicyclic) bond motifs is 2. The van der Waals surface area contributed by atoms with E-state index in [9.17, 15) is 32.2 Å². The van der Waals surface area contributed by atoms with Gasteiger partial charge in [0.2, 0.25) is 0 Å². The van der Waals surface area contributed by atoms with Gasteiger partial charge in [-0.3, -0.25) is 0 Å². The topological polar surface area (TPSA) is 78.3 Å². The van der Waals surface area contributed by atoms with Crippen molar-refractivity contribution in [3.63, 3.8) is 0 Å². The number of hydrogen-bond acceptors (Lipinski definition) is 5. The number of aromatic hydroxyl groups is 1. The number of alkyl halides is 3. The van der Waals surface area contributed by atoms with Crippen LogP contribution in [-0.2, 0) is 0 Å². The van der Waals surface area contributed by atoms with Crippen LogP contribution in [0.5, 0.6) is 5.75 Å². The van der Waals surface area contributed by atoms with E-state index in [2.05, 4.69) is 15.3 Å². The number of halogens is 5. The molecule has 2 aromatic carbocycles. The van der Waals surface area contributed by atoms with E-state index < -0.39 is 41.6 Å². The van der Waals surface area contributed by atoms with Crippen molar-refractivity contribution in [2.45, 2.75) is 38.1 Å². The highest BCUT2D eigenvalue weighted by Gasteiger charge is 2.61. The third kappa shape index (κ3) is 3.44. The highest BCUT2D eigenvalue weighted by molar-refractivity contribution is 5.91. The Morgan fingerprint density at radius 3 is 2.56 bits per heavy atom. The van der Waals surface area contributed by atoms with Gasteiger partial charge in [0, 0.05) is 29.8 Å². The minimum Gasteiger partial charge on any atom is -0.505 e. The Balaban J connectivity index is 1.97. The van der Waals surface area contributed by atoms with E-state index in [1.54, 1.807) is 6.92 Å². The molecular weight excluding hydrogens is 433 g/mol. The van der Waals surface area contributed by atoms with Crippen molar-refractivity contribution in [1.82, 2.24) is 9.97 Å². The zero-order chi connectivity index (χ0) is 23.4. The second kappa shape index (κ2) is 7.40. The summed E-state index contributed by atoms with van der Waals surface area (Å²) in [5, 5.41) is 23.5. The number of aromatic nitrogens is 2. The van der Waals surface area contributed by atoms with E-state index in [1.165, 1.54) is 19.2 Å². The van der Waals surface area contributed by atoms with Crippen molar-refractivity contribution >= 4 is 22.2 Å². The van der Waals surface area contributed by atoms with Crippen molar-refractivity contribution in [3.8, 4) is 5.75 Å². The SMILES string of the molecule is C/C=C1/C[C@](O)(C(F)(F)F)[C@@H](Nc2cc(F)cc3nc(C)ncc23)c2cc(F)c(O)cc21. The van der Waals surface area contributed by atoms with E-state index in [4.69, 9.17) is 0 Å². The summed E-state index contributed by atoms with van der Waals surface area (Å²) < 4.78 is 70.9. The minimum absolute atomic E-state index is 0.0798. The molecule has 0 amide bonds. The normalized spacial score (nSPS) is 22.2. The second-order valence-electron chi connectivity index (χ2n) is 7.68. The standard InChI is InChI=1S/C22H18F5N3O2/c1-3-11-8-21(32,22(25,26)27)20(14-6-16(24)19(31)7-13(11)14)30-18-5-12(23)4-17-15(18)9-28-10(2)29-17/h3-7,9,20,30-32H,8H2,1-2H3/b11-3-/t20-,21+/m0/s1. The lowest BCUT2D eigenvalue weighted by atomic mass is 9.72. The summed E-state index contributed by atoms with van der Waals surface area (Å²) in [6.07, 6.45) is -3.30. The van der Waals surface area contributed by atoms with Gasteiger partial charge in [0.15, 0.2) is 17.2 Å². The van der Waals surface area contributed by atoms with Crippen LogP contribution in [0.2, 0.25) is 0 Å². The highest BCUT2D eigenvalue weighted by atomic mass is 19.4. The molecule has 0 spiro atoms. The van der Waals surface area contributed by atoms with E-state index in [-0.39, 0.29) is 33.3 Å². The van der Waals surface area contributed by atoms with Crippen molar-refractivity contribution in [1.29, 1.82) is 0 Å². The first-order valence-electron chi connectivity index (χ1n) is 9.61. The number of nitrogens with one attached hydrogen (secondary N) is 1. The van der Waals surface area contributed by atoms with Gasteiger partial charge in [0.05, 0.1) is 11.6 Å². The molecule has 3 aromatic rings. The molecule has 4 rings (SSSR count). The van der Waals surface area contributed by atoms with Crippen LogP contribution in [0.25, 0.3) is 16.5 Å². The molecule has 0 bridgehead atoms. The van der Waals surface area contributed by atoms with Crippen LogP contribution in [-0.4, -0.2) is 32.0 Å². The highest BCUT2D eigenvalue weighted by Crippen LogP contribution is 2.53. The maximum absolute atomic E-state index is 14.3.